The van der Waals surface area contributed by atoms with E-state index in [4.69, 9.17) is 31.4 Å². The number of carbonyl (C=O) groups is 2. The number of ether oxygens (including phenoxy) is 3. The van der Waals surface area contributed by atoms with Gasteiger partial charge in [0.1, 0.15) is 18.5 Å². The molecule has 0 bridgehead atoms. The lowest BCUT2D eigenvalue weighted by Gasteiger charge is -2.31. The van der Waals surface area contributed by atoms with Crippen LogP contribution in [0.1, 0.15) is 51.4 Å². The fourth-order valence-electron chi connectivity index (χ4n) is 5.16. The van der Waals surface area contributed by atoms with Gasteiger partial charge in [-0.25, -0.2) is 9.99 Å². The van der Waals surface area contributed by atoms with E-state index in [1.807, 2.05) is 60.7 Å². The number of amides is 1. The number of hydrogen-bond acceptors (Lipinski definition) is 11. The number of nitrogens with two attached hydrogens (primary N) is 3. The second-order valence-electron chi connectivity index (χ2n) is 10.5. The van der Waals surface area contributed by atoms with Gasteiger partial charge in [0, 0.05) is 41.9 Å². The molecule has 1 aliphatic heterocycles. The van der Waals surface area contributed by atoms with E-state index in [-0.39, 0.29) is 43.2 Å². The Hall–Kier alpha value is -5.75. The first-order valence-corrected chi connectivity index (χ1v) is 14.5. The maximum Gasteiger partial charge on any atom is 0.307 e. The summed E-state index contributed by atoms with van der Waals surface area (Å²) >= 11 is 0. The molecule has 6 N–H and O–H groups in total. The van der Waals surface area contributed by atoms with Crippen LogP contribution in [-0.2, 0) is 27.4 Å². The molecule has 0 aliphatic carbocycles. The van der Waals surface area contributed by atoms with E-state index in [0.29, 0.717) is 29.0 Å². The van der Waals surface area contributed by atoms with Crippen LogP contribution in [0, 0.1) is 0 Å². The van der Waals surface area contributed by atoms with Crippen molar-refractivity contribution < 1.29 is 23.8 Å². The number of nitrogen functional groups attached to an aromatic ring is 2. The Morgan fingerprint density at radius 2 is 1.78 bits per heavy atom. The molecule has 3 aromatic carbocycles. The van der Waals surface area contributed by atoms with Gasteiger partial charge < -0.3 is 31.4 Å². The van der Waals surface area contributed by atoms with Crippen LogP contribution >= 0.6 is 0 Å². The second kappa shape index (κ2) is 14.4. The molecule has 0 saturated heterocycles. The van der Waals surface area contributed by atoms with Crippen molar-refractivity contribution in [2.24, 2.45) is 10.8 Å². The minimum Gasteiger partial charge on any atom is -0.493 e. The summed E-state index contributed by atoms with van der Waals surface area (Å²) in [6.45, 7) is 0.365. The predicted octanol–water partition coefficient (Wildman–Crippen LogP) is 3.62. The topological polar surface area (TPSA) is 181 Å². The molecule has 1 amide bonds. The molecule has 0 spiro atoms. The molecule has 0 radical (unpaired) electrons. The van der Waals surface area contributed by atoms with Gasteiger partial charge in [-0.3, -0.25) is 9.59 Å². The van der Waals surface area contributed by atoms with E-state index in [1.54, 1.807) is 25.6 Å². The number of hydrogen-bond donors (Lipinski definition) is 3. The predicted molar refractivity (Wildman–Crippen MR) is 175 cm³/mol. The molecule has 2 heterocycles. The summed E-state index contributed by atoms with van der Waals surface area (Å²) < 4.78 is 16.5. The van der Waals surface area contributed by atoms with Crippen molar-refractivity contribution in [1.82, 2.24) is 15.0 Å². The lowest BCUT2D eigenvalue weighted by Crippen LogP contribution is -2.33. The molecular formula is C34H35N7O5. The van der Waals surface area contributed by atoms with Crippen LogP contribution in [0.25, 0.3) is 6.08 Å². The number of carbonyl (C=O) groups excluding carboxylic acids is 2. The van der Waals surface area contributed by atoms with Crippen LogP contribution in [0.4, 0.5) is 11.8 Å². The fourth-order valence-corrected chi connectivity index (χ4v) is 5.16. The highest BCUT2D eigenvalue weighted by molar-refractivity contribution is 5.95. The van der Waals surface area contributed by atoms with E-state index < -0.39 is 6.04 Å². The van der Waals surface area contributed by atoms with Gasteiger partial charge in [0.05, 0.1) is 26.9 Å². The number of aromatic nitrogens is 2. The molecule has 1 atom stereocenters. The highest BCUT2D eigenvalue weighted by Crippen LogP contribution is 2.36. The molecule has 5 rings (SSSR count). The molecule has 4 aromatic rings. The Morgan fingerprint density at radius 3 is 2.50 bits per heavy atom. The maximum absolute atomic E-state index is 13.8. The van der Waals surface area contributed by atoms with Gasteiger partial charge in [0.15, 0.2) is 11.5 Å². The molecule has 1 aliphatic rings. The fraction of sp³-hybridized carbons (Fsp3) is 0.206. The van der Waals surface area contributed by atoms with Crippen LogP contribution in [-0.4, -0.2) is 53.8 Å². The van der Waals surface area contributed by atoms with Gasteiger partial charge in [0.2, 0.25) is 5.95 Å². The summed E-state index contributed by atoms with van der Waals surface area (Å²) in [4.78, 5) is 33.7. The Balaban J connectivity index is 1.43. The van der Waals surface area contributed by atoms with Gasteiger partial charge in [-0.1, -0.05) is 48.5 Å². The molecule has 1 unspecified atom stereocenters. The Kier molecular flexibility index (Phi) is 9.88. The molecule has 46 heavy (non-hydrogen) atoms. The largest absolute Gasteiger partial charge is 0.493 e. The third kappa shape index (κ3) is 7.13. The standard InChI is InChI=1S/C34H35N7O5/c1-44-28-17-22(16-26-18-38-34(37)40-33(26)36)15-24(32(28)45-2)11-12-29(42)41-31(27-6-4-3-5-25(27)19-39-41)23-9-7-21(8-10-23)20-46-30(43)13-14-35/h3-12,15,17-19,31H,13-14,16,20,35H2,1-2H3,(H4,36,37,38,40)/b12-11+. The number of hydrazone groups is 1. The van der Waals surface area contributed by atoms with Gasteiger partial charge in [-0.15, -0.1) is 0 Å². The van der Waals surface area contributed by atoms with Crippen molar-refractivity contribution in [3.8, 4) is 11.5 Å². The zero-order valence-corrected chi connectivity index (χ0v) is 25.6. The highest BCUT2D eigenvalue weighted by atomic mass is 16.5. The summed E-state index contributed by atoms with van der Waals surface area (Å²) in [7, 11) is 3.08. The monoisotopic (exact) mass is 621 g/mol. The van der Waals surface area contributed by atoms with Gasteiger partial charge >= 0.3 is 5.97 Å². The smallest absolute Gasteiger partial charge is 0.307 e. The number of methoxy groups -OCH3 is 2. The Morgan fingerprint density at radius 1 is 1.00 bits per heavy atom. The maximum atomic E-state index is 13.8. The van der Waals surface area contributed by atoms with E-state index in [0.717, 1.165) is 27.8 Å². The summed E-state index contributed by atoms with van der Waals surface area (Å²) in [5.41, 5.74) is 22.8. The van der Waals surface area contributed by atoms with Crippen molar-refractivity contribution >= 4 is 35.9 Å². The first kappa shape index (κ1) is 31.7. The normalized spacial score (nSPS) is 13.8. The number of benzene rings is 3. The van der Waals surface area contributed by atoms with E-state index in [9.17, 15) is 9.59 Å². The average molecular weight is 622 g/mol. The second-order valence-corrected chi connectivity index (χ2v) is 10.5. The van der Waals surface area contributed by atoms with Crippen LogP contribution < -0.4 is 26.7 Å². The first-order chi connectivity index (χ1) is 22.3. The third-order valence-electron chi connectivity index (χ3n) is 7.41. The first-order valence-electron chi connectivity index (χ1n) is 14.5. The quantitative estimate of drug-likeness (QED) is 0.165. The number of rotatable bonds is 11. The molecule has 12 nitrogen and oxygen atoms in total. The van der Waals surface area contributed by atoms with Crippen LogP contribution in [0.3, 0.4) is 0 Å². The van der Waals surface area contributed by atoms with Crippen molar-refractivity contribution in [3.05, 3.63) is 112 Å². The molecular weight excluding hydrogens is 586 g/mol. The zero-order valence-electron chi connectivity index (χ0n) is 25.6. The molecule has 0 saturated carbocycles. The summed E-state index contributed by atoms with van der Waals surface area (Å²) in [6.07, 6.45) is 6.94. The van der Waals surface area contributed by atoms with Crippen molar-refractivity contribution in [1.29, 1.82) is 0 Å². The van der Waals surface area contributed by atoms with Gasteiger partial charge in [0.25, 0.3) is 5.91 Å². The lowest BCUT2D eigenvalue weighted by atomic mass is 9.92. The number of anilines is 2. The lowest BCUT2D eigenvalue weighted by molar-refractivity contribution is -0.144. The third-order valence-corrected chi connectivity index (χ3v) is 7.41. The molecule has 0 fully saturated rings. The van der Waals surface area contributed by atoms with Gasteiger partial charge in [-0.2, -0.15) is 10.1 Å². The van der Waals surface area contributed by atoms with Crippen LogP contribution in [0.15, 0.2) is 78.0 Å². The van der Waals surface area contributed by atoms with Crippen molar-refractivity contribution in [2.45, 2.75) is 25.5 Å². The van der Waals surface area contributed by atoms with Gasteiger partial charge in [-0.05, 0) is 40.5 Å². The summed E-state index contributed by atoms with van der Waals surface area (Å²) in [5, 5.41) is 5.98. The Bertz CT molecular complexity index is 1790. The number of fused-ring (bicyclic) bond motifs is 1. The zero-order chi connectivity index (χ0) is 32.6. The summed E-state index contributed by atoms with van der Waals surface area (Å²) in [5.74, 6) is 0.621. The van der Waals surface area contributed by atoms with Crippen molar-refractivity contribution in [2.75, 3.05) is 32.2 Å². The molecule has 12 heteroatoms. The van der Waals surface area contributed by atoms with Crippen LogP contribution in [0.2, 0.25) is 0 Å². The van der Waals surface area contributed by atoms with E-state index in [2.05, 4.69) is 15.1 Å². The minimum atomic E-state index is -0.497. The van der Waals surface area contributed by atoms with E-state index >= 15 is 0 Å². The van der Waals surface area contributed by atoms with Crippen LogP contribution in [0.5, 0.6) is 11.5 Å². The molecule has 236 valence electrons. The average Bonchev–Trinajstić information content (AvgIpc) is 3.07. The Labute approximate surface area is 266 Å². The van der Waals surface area contributed by atoms with E-state index in [1.165, 1.54) is 18.2 Å². The number of nitrogens with zero attached hydrogens (tertiary/aromatic N) is 4. The summed E-state index contributed by atoms with van der Waals surface area (Å²) in [6, 6.07) is 18.5. The highest BCUT2D eigenvalue weighted by Gasteiger charge is 2.30. The minimum absolute atomic E-state index is 0.0942. The van der Waals surface area contributed by atoms with Crippen molar-refractivity contribution in [3.63, 3.8) is 0 Å². The molecule has 1 aromatic heterocycles. The SMILES string of the molecule is COc1cc(Cc2cnc(N)nc2N)cc(/C=C/C(=O)N2N=Cc3ccccc3C2c2ccc(COC(=O)CCN)cc2)c1OC. The number of esters is 1.